The van der Waals surface area contributed by atoms with Crippen LogP contribution in [0.2, 0.25) is 5.02 Å². The molecule has 1 N–H and O–H groups in total. The first-order chi connectivity index (χ1) is 10.8. The van der Waals surface area contributed by atoms with Crippen molar-refractivity contribution in [1.29, 1.82) is 0 Å². The van der Waals surface area contributed by atoms with Crippen molar-refractivity contribution < 1.29 is 9.47 Å². The minimum Gasteiger partial charge on any atom is -0.492 e. The Morgan fingerprint density at radius 3 is 2.86 bits per heavy atom. The third-order valence-corrected chi connectivity index (χ3v) is 4.01. The number of ether oxygens (including phenoxy) is 2. The summed E-state index contributed by atoms with van der Waals surface area (Å²) in [7, 11) is 0. The number of halogens is 1. The summed E-state index contributed by atoms with van der Waals surface area (Å²) >= 11 is 6.24. The summed E-state index contributed by atoms with van der Waals surface area (Å²) in [4.78, 5) is 2.46. The Labute approximate surface area is 138 Å². The van der Waals surface area contributed by atoms with Gasteiger partial charge in [0.05, 0.1) is 24.8 Å². The van der Waals surface area contributed by atoms with E-state index in [1.54, 1.807) is 0 Å². The lowest BCUT2D eigenvalue weighted by Gasteiger charge is -2.26. The molecule has 124 valence electrons. The highest BCUT2D eigenvalue weighted by molar-refractivity contribution is 6.32. The summed E-state index contributed by atoms with van der Waals surface area (Å²) in [5, 5.41) is 4.17. The van der Waals surface area contributed by atoms with Crippen LogP contribution in [0.15, 0.2) is 18.2 Å². The summed E-state index contributed by atoms with van der Waals surface area (Å²) in [6, 6.07) is 6.02. The van der Waals surface area contributed by atoms with Gasteiger partial charge >= 0.3 is 0 Å². The highest BCUT2D eigenvalue weighted by Gasteiger charge is 2.09. The van der Waals surface area contributed by atoms with Crippen LogP contribution < -0.4 is 10.1 Å². The maximum Gasteiger partial charge on any atom is 0.137 e. The fourth-order valence-electron chi connectivity index (χ4n) is 2.47. The predicted molar refractivity (Wildman–Crippen MR) is 90.8 cm³/mol. The van der Waals surface area contributed by atoms with Crippen LogP contribution >= 0.6 is 11.6 Å². The normalized spacial score (nSPS) is 15.9. The van der Waals surface area contributed by atoms with Crippen molar-refractivity contribution in [3.05, 3.63) is 28.8 Å². The quantitative estimate of drug-likeness (QED) is 0.707. The highest BCUT2D eigenvalue weighted by Crippen LogP contribution is 2.25. The van der Waals surface area contributed by atoms with Gasteiger partial charge in [-0.05, 0) is 43.6 Å². The van der Waals surface area contributed by atoms with Gasteiger partial charge in [-0.25, -0.2) is 0 Å². The fraction of sp³-hybridized carbons (Fsp3) is 0.647. The molecule has 0 aromatic heterocycles. The second-order valence-corrected chi connectivity index (χ2v) is 6.00. The molecule has 0 amide bonds. The third kappa shape index (κ3) is 6.13. The summed E-state index contributed by atoms with van der Waals surface area (Å²) < 4.78 is 10.9. The van der Waals surface area contributed by atoms with E-state index in [9.17, 15) is 0 Å². The lowest BCUT2D eigenvalue weighted by Crippen LogP contribution is -2.37. The summed E-state index contributed by atoms with van der Waals surface area (Å²) in [5.41, 5.74) is 1.19. The molecule has 1 saturated heterocycles. The van der Waals surface area contributed by atoms with Gasteiger partial charge in [-0.15, -0.1) is 0 Å². The van der Waals surface area contributed by atoms with Crippen molar-refractivity contribution in [2.45, 2.75) is 26.3 Å². The largest absolute Gasteiger partial charge is 0.492 e. The molecule has 0 radical (unpaired) electrons. The van der Waals surface area contributed by atoms with Gasteiger partial charge in [0.25, 0.3) is 0 Å². The Morgan fingerprint density at radius 2 is 2.14 bits per heavy atom. The van der Waals surface area contributed by atoms with Gasteiger partial charge < -0.3 is 14.8 Å². The molecule has 0 aliphatic carbocycles. The smallest absolute Gasteiger partial charge is 0.137 e. The summed E-state index contributed by atoms with van der Waals surface area (Å²) in [6.07, 6.45) is 2.15. The predicted octanol–water partition coefficient (Wildman–Crippen LogP) is 2.94. The van der Waals surface area contributed by atoms with Crippen LogP contribution in [0.25, 0.3) is 0 Å². The molecule has 0 atom stereocenters. The van der Waals surface area contributed by atoms with E-state index in [-0.39, 0.29) is 0 Å². The summed E-state index contributed by atoms with van der Waals surface area (Å²) in [6.45, 7) is 9.67. The number of rotatable bonds is 9. The van der Waals surface area contributed by atoms with Crippen molar-refractivity contribution >= 4 is 11.6 Å². The Morgan fingerprint density at radius 1 is 1.32 bits per heavy atom. The van der Waals surface area contributed by atoms with Crippen molar-refractivity contribution in [3.63, 3.8) is 0 Å². The van der Waals surface area contributed by atoms with Gasteiger partial charge in [0, 0.05) is 19.6 Å². The Kier molecular flexibility index (Phi) is 8.02. The average Bonchev–Trinajstić information content (AvgIpc) is 2.55. The zero-order chi connectivity index (χ0) is 15.6. The van der Waals surface area contributed by atoms with Crippen LogP contribution in [0, 0.1) is 0 Å². The van der Waals surface area contributed by atoms with E-state index in [1.165, 1.54) is 5.56 Å². The molecular formula is C17H27ClN2O2. The summed E-state index contributed by atoms with van der Waals surface area (Å²) in [5.74, 6) is 0.777. The minimum absolute atomic E-state index is 0.695. The number of hydrogen-bond acceptors (Lipinski definition) is 4. The Bertz CT molecular complexity index is 437. The molecule has 0 spiro atoms. The molecule has 1 aromatic rings. The molecule has 1 fully saturated rings. The van der Waals surface area contributed by atoms with E-state index in [4.69, 9.17) is 21.1 Å². The average molecular weight is 327 g/mol. The zero-order valence-corrected chi connectivity index (χ0v) is 14.2. The Balaban J connectivity index is 1.63. The number of nitrogens with one attached hydrogen (secondary N) is 1. The number of morpholine rings is 1. The fourth-order valence-corrected chi connectivity index (χ4v) is 2.73. The highest BCUT2D eigenvalue weighted by atomic mass is 35.5. The van der Waals surface area contributed by atoms with Gasteiger partial charge in [0.1, 0.15) is 5.75 Å². The molecule has 1 aliphatic heterocycles. The van der Waals surface area contributed by atoms with E-state index in [2.05, 4.69) is 23.2 Å². The van der Waals surface area contributed by atoms with Crippen molar-refractivity contribution in [3.8, 4) is 5.75 Å². The lowest BCUT2D eigenvalue weighted by molar-refractivity contribution is 0.0374. The molecule has 1 aliphatic rings. The molecule has 0 unspecified atom stereocenters. The van der Waals surface area contributed by atoms with Crippen molar-refractivity contribution in [2.24, 2.45) is 0 Å². The van der Waals surface area contributed by atoms with E-state index in [1.807, 2.05) is 12.1 Å². The second kappa shape index (κ2) is 10.1. The molecule has 4 nitrogen and oxygen atoms in total. The van der Waals surface area contributed by atoms with Gasteiger partial charge in [0.15, 0.2) is 0 Å². The van der Waals surface area contributed by atoms with E-state index >= 15 is 0 Å². The first kappa shape index (κ1) is 17.5. The maximum atomic E-state index is 6.24. The molecule has 1 aromatic carbocycles. The first-order valence-electron chi connectivity index (χ1n) is 8.21. The number of nitrogens with zero attached hydrogens (tertiary/aromatic N) is 1. The van der Waals surface area contributed by atoms with Gasteiger partial charge in [-0.2, -0.15) is 0 Å². The molecule has 0 bridgehead atoms. The minimum atomic E-state index is 0.695. The number of hydrogen-bond donors (Lipinski definition) is 1. The molecule has 1 heterocycles. The number of benzene rings is 1. The Hall–Kier alpha value is -0.810. The second-order valence-electron chi connectivity index (χ2n) is 5.60. The molecule has 22 heavy (non-hydrogen) atoms. The maximum absolute atomic E-state index is 6.24. The van der Waals surface area contributed by atoms with Crippen LogP contribution in [0.1, 0.15) is 25.3 Å². The van der Waals surface area contributed by atoms with E-state index < -0.39 is 0 Å². The van der Waals surface area contributed by atoms with Gasteiger partial charge in [-0.1, -0.05) is 24.6 Å². The van der Waals surface area contributed by atoms with Crippen LogP contribution in [0.3, 0.4) is 0 Å². The van der Waals surface area contributed by atoms with Crippen LogP contribution in [0.5, 0.6) is 5.75 Å². The van der Waals surface area contributed by atoms with Crippen molar-refractivity contribution in [2.75, 3.05) is 46.0 Å². The molecule has 5 heteroatoms. The first-order valence-corrected chi connectivity index (χ1v) is 8.59. The molecule has 0 saturated carbocycles. The third-order valence-electron chi connectivity index (χ3n) is 3.72. The molecular weight excluding hydrogens is 300 g/mol. The van der Waals surface area contributed by atoms with Gasteiger partial charge in [0.2, 0.25) is 0 Å². The monoisotopic (exact) mass is 326 g/mol. The van der Waals surface area contributed by atoms with Crippen LogP contribution in [-0.2, 0) is 11.3 Å². The van der Waals surface area contributed by atoms with Crippen molar-refractivity contribution in [1.82, 2.24) is 10.2 Å². The lowest BCUT2D eigenvalue weighted by atomic mass is 10.2. The molecule has 2 rings (SSSR count). The van der Waals surface area contributed by atoms with E-state index in [0.717, 1.165) is 64.5 Å². The van der Waals surface area contributed by atoms with Crippen LogP contribution in [0.4, 0.5) is 0 Å². The topological polar surface area (TPSA) is 33.7 Å². The van der Waals surface area contributed by atoms with E-state index in [0.29, 0.717) is 11.6 Å². The SMILES string of the molecule is CCCOc1ccc(CNCCCN2CCOCC2)cc1Cl. The van der Waals surface area contributed by atoms with Crippen LogP contribution in [-0.4, -0.2) is 50.9 Å². The van der Waals surface area contributed by atoms with Gasteiger partial charge in [-0.3, -0.25) is 4.90 Å². The zero-order valence-electron chi connectivity index (χ0n) is 13.4. The standard InChI is InChI=1S/C17H27ClN2O2/c1-2-10-22-17-5-4-15(13-16(17)18)14-19-6-3-7-20-8-11-21-12-9-20/h4-5,13,19H,2-3,6-12,14H2,1H3.